The van der Waals surface area contributed by atoms with Crippen LogP contribution in [0.1, 0.15) is 27.2 Å². The molecular formula is C23H18N2O4. The summed E-state index contributed by atoms with van der Waals surface area (Å²) in [4.78, 5) is 27.6. The van der Waals surface area contributed by atoms with Gasteiger partial charge in [0.1, 0.15) is 5.75 Å². The summed E-state index contributed by atoms with van der Waals surface area (Å²) in [6.07, 6.45) is 4.08. The molecule has 2 aliphatic rings. The second-order valence-corrected chi connectivity index (χ2v) is 6.95. The number of carbonyl (C=O) groups is 2. The third kappa shape index (κ3) is 2.81. The van der Waals surface area contributed by atoms with E-state index in [0.29, 0.717) is 24.2 Å². The monoisotopic (exact) mass is 386 g/mol. The van der Waals surface area contributed by atoms with Crippen molar-refractivity contribution in [3.63, 3.8) is 0 Å². The number of para-hydroxylation sites is 1. The molecule has 5 rings (SSSR count). The van der Waals surface area contributed by atoms with Gasteiger partial charge in [0.2, 0.25) is 0 Å². The van der Waals surface area contributed by atoms with Crippen LogP contribution in [0.15, 0.2) is 48.7 Å². The molecule has 0 atom stereocenters. The smallest absolute Gasteiger partial charge is 0.339 e. The van der Waals surface area contributed by atoms with Crippen LogP contribution in [-0.2, 0) is 16.0 Å². The number of aromatic nitrogens is 1. The quantitative estimate of drug-likeness (QED) is 0.529. The van der Waals surface area contributed by atoms with E-state index < -0.39 is 0 Å². The Hall–Kier alpha value is -3.80. The first kappa shape index (κ1) is 17.3. The zero-order valence-electron chi connectivity index (χ0n) is 15.7. The lowest BCUT2D eigenvalue weighted by atomic mass is 9.98. The molecule has 1 aromatic heterocycles. The maximum absolute atomic E-state index is 12.7. The lowest BCUT2D eigenvalue weighted by Crippen LogP contribution is -2.16. The molecule has 6 nitrogen and oxygen atoms in total. The molecule has 29 heavy (non-hydrogen) atoms. The van der Waals surface area contributed by atoms with Crippen LogP contribution >= 0.6 is 0 Å². The van der Waals surface area contributed by atoms with Crippen LogP contribution in [0.4, 0.5) is 5.69 Å². The average molecular weight is 386 g/mol. The van der Waals surface area contributed by atoms with Gasteiger partial charge in [-0.3, -0.25) is 4.79 Å². The number of H-pyrrole nitrogens is 1. The minimum atomic E-state index is -0.329. The third-order valence-corrected chi connectivity index (χ3v) is 5.34. The van der Waals surface area contributed by atoms with E-state index in [-0.39, 0.29) is 11.9 Å². The normalized spacial score (nSPS) is 16.2. The Kier molecular flexibility index (Phi) is 3.98. The van der Waals surface area contributed by atoms with Crippen LogP contribution in [0.25, 0.3) is 22.8 Å². The predicted molar refractivity (Wildman–Crippen MR) is 110 cm³/mol. The molecule has 144 valence electrons. The SMILES string of the molecule is COc1ccccc1-c1ccc2c(c1)NC(=O)C2=Cc1[nH]cc2c1CCOC2=O. The highest BCUT2D eigenvalue weighted by atomic mass is 16.5. The van der Waals surface area contributed by atoms with Crippen LogP contribution in [0.5, 0.6) is 5.75 Å². The summed E-state index contributed by atoms with van der Waals surface area (Å²) in [6.45, 7) is 0.352. The average Bonchev–Trinajstić information content (AvgIpc) is 3.29. The van der Waals surface area contributed by atoms with Crippen molar-refractivity contribution in [3.05, 3.63) is 71.0 Å². The van der Waals surface area contributed by atoms with Crippen molar-refractivity contribution in [1.82, 2.24) is 4.98 Å². The number of esters is 1. The number of amides is 1. The zero-order valence-corrected chi connectivity index (χ0v) is 15.7. The molecule has 0 radical (unpaired) electrons. The number of ether oxygens (including phenoxy) is 2. The van der Waals surface area contributed by atoms with Crippen LogP contribution in [0.2, 0.25) is 0 Å². The topological polar surface area (TPSA) is 80.4 Å². The molecule has 0 saturated heterocycles. The molecule has 6 heteroatoms. The maximum atomic E-state index is 12.7. The summed E-state index contributed by atoms with van der Waals surface area (Å²) in [5.74, 6) is 0.279. The largest absolute Gasteiger partial charge is 0.496 e. The standard InChI is InChI=1S/C23H18N2O4/c1-28-21-5-3-2-4-14(21)13-6-7-15-17(22(26)25-20(15)10-13)11-19-16-8-9-29-23(27)18(16)12-24-19/h2-7,10-12,24H,8-9H2,1H3,(H,25,26). The van der Waals surface area contributed by atoms with Crippen LogP contribution in [0.3, 0.4) is 0 Å². The molecule has 2 aliphatic heterocycles. The Labute approximate surface area is 167 Å². The van der Waals surface area contributed by atoms with Gasteiger partial charge >= 0.3 is 5.97 Å². The third-order valence-electron chi connectivity index (χ3n) is 5.34. The number of rotatable bonds is 3. The predicted octanol–water partition coefficient (Wildman–Crippen LogP) is 3.90. The van der Waals surface area contributed by atoms with E-state index in [1.807, 2.05) is 42.5 Å². The van der Waals surface area contributed by atoms with Gasteiger partial charge < -0.3 is 19.8 Å². The lowest BCUT2D eigenvalue weighted by Gasteiger charge is -2.12. The van der Waals surface area contributed by atoms with E-state index >= 15 is 0 Å². The lowest BCUT2D eigenvalue weighted by molar-refractivity contribution is -0.110. The summed E-state index contributed by atoms with van der Waals surface area (Å²) in [7, 11) is 1.64. The van der Waals surface area contributed by atoms with Crippen LogP contribution in [-0.4, -0.2) is 30.6 Å². The first-order chi connectivity index (χ1) is 14.2. The number of carbonyl (C=O) groups excluding carboxylic acids is 2. The Bertz CT molecular complexity index is 1190. The maximum Gasteiger partial charge on any atom is 0.339 e. The summed E-state index contributed by atoms with van der Waals surface area (Å²) in [6, 6.07) is 13.6. The summed E-state index contributed by atoms with van der Waals surface area (Å²) < 4.78 is 10.5. The van der Waals surface area contributed by atoms with Crippen molar-refractivity contribution < 1.29 is 19.1 Å². The number of methoxy groups -OCH3 is 1. The number of anilines is 1. The molecule has 2 N–H and O–H groups in total. The molecule has 0 bridgehead atoms. The highest BCUT2D eigenvalue weighted by Gasteiger charge is 2.27. The van der Waals surface area contributed by atoms with Gasteiger partial charge in [0.25, 0.3) is 5.91 Å². The molecule has 3 heterocycles. The van der Waals surface area contributed by atoms with E-state index in [4.69, 9.17) is 9.47 Å². The van der Waals surface area contributed by atoms with Crippen molar-refractivity contribution >= 4 is 29.2 Å². The zero-order chi connectivity index (χ0) is 20.0. The van der Waals surface area contributed by atoms with Crippen LogP contribution in [0, 0.1) is 0 Å². The Balaban J connectivity index is 1.56. The molecule has 2 aromatic carbocycles. The number of hydrogen-bond donors (Lipinski definition) is 2. The number of hydrogen-bond acceptors (Lipinski definition) is 4. The van der Waals surface area contributed by atoms with Gasteiger partial charge in [0.15, 0.2) is 0 Å². The number of aromatic amines is 1. The highest BCUT2D eigenvalue weighted by Crippen LogP contribution is 2.38. The van der Waals surface area contributed by atoms with Gasteiger partial charge in [0.05, 0.1) is 24.9 Å². The van der Waals surface area contributed by atoms with E-state index in [1.54, 1.807) is 19.4 Å². The molecule has 3 aromatic rings. The highest BCUT2D eigenvalue weighted by molar-refractivity contribution is 6.35. The van der Waals surface area contributed by atoms with Gasteiger partial charge in [-0.15, -0.1) is 0 Å². The van der Waals surface area contributed by atoms with Gasteiger partial charge in [-0.05, 0) is 29.3 Å². The van der Waals surface area contributed by atoms with Gasteiger partial charge in [-0.1, -0.05) is 30.3 Å². The van der Waals surface area contributed by atoms with Crippen molar-refractivity contribution in [2.45, 2.75) is 6.42 Å². The first-order valence-electron chi connectivity index (χ1n) is 9.34. The molecule has 0 aliphatic carbocycles. The molecule has 1 amide bonds. The van der Waals surface area contributed by atoms with Gasteiger partial charge in [0, 0.05) is 35.1 Å². The molecule has 0 unspecified atom stereocenters. The van der Waals surface area contributed by atoms with E-state index in [2.05, 4.69) is 10.3 Å². The fourth-order valence-electron chi connectivity index (χ4n) is 3.91. The van der Waals surface area contributed by atoms with Crippen molar-refractivity contribution in [2.75, 3.05) is 19.0 Å². The molecule has 0 fully saturated rings. The summed E-state index contributed by atoms with van der Waals surface area (Å²) in [5, 5.41) is 2.94. The second kappa shape index (κ2) is 6.67. The number of fused-ring (bicyclic) bond motifs is 2. The Morgan fingerprint density at radius 3 is 2.79 bits per heavy atom. The molecular weight excluding hydrogens is 368 g/mol. The van der Waals surface area contributed by atoms with E-state index in [9.17, 15) is 9.59 Å². The fraction of sp³-hybridized carbons (Fsp3) is 0.130. The molecule has 0 saturated carbocycles. The number of benzene rings is 2. The molecule has 0 spiro atoms. The Morgan fingerprint density at radius 2 is 1.93 bits per heavy atom. The van der Waals surface area contributed by atoms with E-state index in [1.165, 1.54) is 0 Å². The van der Waals surface area contributed by atoms with Crippen LogP contribution < -0.4 is 10.1 Å². The van der Waals surface area contributed by atoms with Gasteiger partial charge in [-0.25, -0.2) is 4.79 Å². The minimum absolute atomic E-state index is 0.168. The van der Waals surface area contributed by atoms with E-state index in [0.717, 1.165) is 39.4 Å². The second-order valence-electron chi connectivity index (χ2n) is 6.95. The van der Waals surface area contributed by atoms with Crippen molar-refractivity contribution in [3.8, 4) is 16.9 Å². The van der Waals surface area contributed by atoms with Crippen molar-refractivity contribution in [2.24, 2.45) is 0 Å². The van der Waals surface area contributed by atoms with Gasteiger partial charge in [-0.2, -0.15) is 0 Å². The number of nitrogens with one attached hydrogen (secondary N) is 2. The Morgan fingerprint density at radius 1 is 1.07 bits per heavy atom. The first-order valence-corrected chi connectivity index (χ1v) is 9.34. The minimum Gasteiger partial charge on any atom is -0.496 e. The number of cyclic esters (lactones) is 1. The fourth-order valence-corrected chi connectivity index (χ4v) is 3.91. The summed E-state index contributed by atoms with van der Waals surface area (Å²) in [5.41, 5.74) is 6.26. The summed E-state index contributed by atoms with van der Waals surface area (Å²) >= 11 is 0. The van der Waals surface area contributed by atoms with Crippen molar-refractivity contribution in [1.29, 1.82) is 0 Å².